The number of fused-ring (bicyclic) bond motifs is 2. The molecule has 1 atom stereocenters. The van der Waals surface area contributed by atoms with E-state index in [2.05, 4.69) is 15.1 Å². The third-order valence-electron chi connectivity index (χ3n) is 4.34. The van der Waals surface area contributed by atoms with Gasteiger partial charge >= 0.3 is 0 Å². The third kappa shape index (κ3) is 3.12. The van der Waals surface area contributed by atoms with Gasteiger partial charge in [0.1, 0.15) is 24.2 Å². The van der Waals surface area contributed by atoms with Crippen molar-refractivity contribution in [3.05, 3.63) is 53.1 Å². The Morgan fingerprint density at radius 1 is 1.37 bits per heavy atom. The Morgan fingerprint density at radius 3 is 2.96 bits per heavy atom. The van der Waals surface area contributed by atoms with Crippen LogP contribution in [0, 0.1) is 6.92 Å². The zero-order valence-corrected chi connectivity index (χ0v) is 15.2. The number of aliphatic hydroxyl groups is 1. The van der Waals surface area contributed by atoms with Crippen LogP contribution in [0.5, 0.6) is 11.6 Å². The Kier molecular flexibility index (Phi) is 4.27. The van der Waals surface area contributed by atoms with Gasteiger partial charge in [0.15, 0.2) is 11.6 Å². The van der Waals surface area contributed by atoms with Gasteiger partial charge in [0.25, 0.3) is 0 Å². The van der Waals surface area contributed by atoms with Gasteiger partial charge in [-0.05, 0) is 32.9 Å². The molecule has 7 nitrogen and oxygen atoms in total. The average Bonchev–Trinajstić information content (AvgIpc) is 3.16. The summed E-state index contributed by atoms with van der Waals surface area (Å²) in [4.78, 5) is 8.49. The van der Waals surface area contributed by atoms with Gasteiger partial charge < -0.3 is 14.6 Å². The molecule has 0 amide bonds. The number of rotatable bonds is 5. The van der Waals surface area contributed by atoms with E-state index in [1.165, 1.54) is 6.33 Å². The van der Waals surface area contributed by atoms with Crippen LogP contribution in [-0.4, -0.2) is 38.1 Å². The van der Waals surface area contributed by atoms with Gasteiger partial charge in [-0.15, -0.1) is 0 Å². The second kappa shape index (κ2) is 6.62. The molecule has 0 unspecified atom stereocenters. The normalized spacial score (nSPS) is 17.4. The van der Waals surface area contributed by atoms with Crippen molar-refractivity contribution < 1.29 is 19.0 Å². The monoisotopic (exact) mass is 370 g/mol. The Hall–Kier alpha value is -3.00. The van der Waals surface area contributed by atoms with E-state index in [0.29, 0.717) is 29.0 Å². The first kappa shape index (κ1) is 17.4. The summed E-state index contributed by atoms with van der Waals surface area (Å²) in [6, 6.07) is 0. The first-order valence-electron chi connectivity index (χ1n) is 8.62. The standard InChI is InChI=1S/C19H19FN4O3/c1-10-6-13-14(23-10)4-5-15(17(13)20)27-19-18-12(3)16(26-8-11(2)25)7-24(18)22-9-21-19/h5-7,9,11,25H,4,8H2,1-3H3/t11-/m1/s1. The molecule has 1 N–H and O–H groups in total. The second-order valence-electron chi connectivity index (χ2n) is 6.58. The summed E-state index contributed by atoms with van der Waals surface area (Å²) in [7, 11) is 0. The van der Waals surface area contributed by atoms with E-state index in [1.807, 2.05) is 13.8 Å². The van der Waals surface area contributed by atoms with Gasteiger partial charge in [0.05, 0.1) is 18.0 Å². The summed E-state index contributed by atoms with van der Waals surface area (Å²) >= 11 is 0. The highest BCUT2D eigenvalue weighted by atomic mass is 19.1. The second-order valence-corrected chi connectivity index (χ2v) is 6.58. The van der Waals surface area contributed by atoms with Crippen LogP contribution in [0.15, 0.2) is 52.5 Å². The van der Waals surface area contributed by atoms with Crippen LogP contribution >= 0.6 is 0 Å². The predicted molar refractivity (Wildman–Crippen MR) is 97.6 cm³/mol. The highest BCUT2D eigenvalue weighted by molar-refractivity contribution is 6.08. The fourth-order valence-corrected chi connectivity index (χ4v) is 3.08. The number of allylic oxidation sites excluding steroid dienone is 5. The summed E-state index contributed by atoms with van der Waals surface area (Å²) in [6.45, 7) is 5.46. The van der Waals surface area contributed by atoms with Gasteiger partial charge in [-0.1, -0.05) is 0 Å². The highest BCUT2D eigenvalue weighted by Gasteiger charge is 2.26. The van der Waals surface area contributed by atoms with E-state index in [-0.39, 0.29) is 18.2 Å². The molecule has 0 aromatic carbocycles. The molecular formula is C19H19FN4O3. The minimum Gasteiger partial charge on any atom is -0.489 e. The van der Waals surface area contributed by atoms with Crippen LogP contribution in [0.2, 0.25) is 0 Å². The van der Waals surface area contributed by atoms with Crippen molar-refractivity contribution in [2.45, 2.75) is 33.3 Å². The quantitative estimate of drug-likeness (QED) is 0.875. The molecule has 0 fully saturated rings. The van der Waals surface area contributed by atoms with Crippen molar-refractivity contribution in [3.8, 4) is 11.6 Å². The maximum atomic E-state index is 14.8. The molecule has 0 bridgehead atoms. The zero-order chi connectivity index (χ0) is 19.1. The van der Waals surface area contributed by atoms with Crippen molar-refractivity contribution in [3.63, 3.8) is 0 Å². The molecule has 140 valence electrons. The van der Waals surface area contributed by atoms with Gasteiger partial charge in [-0.25, -0.2) is 8.91 Å². The molecular weight excluding hydrogens is 351 g/mol. The van der Waals surface area contributed by atoms with Crippen molar-refractivity contribution >= 4 is 11.2 Å². The number of nitrogens with zero attached hydrogens (tertiary/aromatic N) is 4. The van der Waals surface area contributed by atoms with Gasteiger partial charge in [-0.2, -0.15) is 10.1 Å². The lowest BCUT2D eigenvalue weighted by Crippen LogP contribution is -2.12. The van der Waals surface area contributed by atoms with Crippen LogP contribution in [0.4, 0.5) is 4.39 Å². The lowest BCUT2D eigenvalue weighted by atomic mass is 10.0. The van der Waals surface area contributed by atoms with Crippen LogP contribution in [0.25, 0.3) is 5.52 Å². The molecule has 1 aliphatic heterocycles. The average molecular weight is 370 g/mol. The number of aryl methyl sites for hydroxylation is 1. The first-order valence-corrected chi connectivity index (χ1v) is 8.62. The number of aromatic nitrogens is 3. The third-order valence-corrected chi connectivity index (χ3v) is 4.34. The maximum absolute atomic E-state index is 14.8. The summed E-state index contributed by atoms with van der Waals surface area (Å²) in [6.07, 6.45) is 6.28. The molecule has 0 spiro atoms. The number of ether oxygens (including phenoxy) is 2. The molecule has 1 aliphatic carbocycles. The molecule has 0 radical (unpaired) electrons. The fraction of sp³-hybridized carbons (Fsp3) is 0.316. The van der Waals surface area contributed by atoms with E-state index in [0.717, 1.165) is 11.3 Å². The highest BCUT2D eigenvalue weighted by Crippen LogP contribution is 2.35. The SMILES string of the molecule is CC1=CC2=C(F)C(Oc3ncnn4cc(OC[C@@H](C)O)c(C)c34)=CCC2=N1. The number of hydrogen-bond acceptors (Lipinski definition) is 6. The van der Waals surface area contributed by atoms with E-state index in [1.54, 1.807) is 29.8 Å². The maximum Gasteiger partial charge on any atom is 0.247 e. The summed E-state index contributed by atoms with van der Waals surface area (Å²) in [5, 5.41) is 13.6. The van der Waals surface area contributed by atoms with Crippen molar-refractivity contribution in [2.24, 2.45) is 4.99 Å². The van der Waals surface area contributed by atoms with Crippen molar-refractivity contribution in [1.82, 2.24) is 14.6 Å². The van der Waals surface area contributed by atoms with Gasteiger partial charge in [-0.3, -0.25) is 4.99 Å². The first-order chi connectivity index (χ1) is 12.9. The fourth-order valence-electron chi connectivity index (χ4n) is 3.08. The van der Waals surface area contributed by atoms with Crippen LogP contribution in [-0.2, 0) is 0 Å². The largest absolute Gasteiger partial charge is 0.489 e. The molecule has 2 aromatic rings. The molecule has 2 aromatic heterocycles. The van der Waals surface area contributed by atoms with Crippen LogP contribution < -0.4 is 9.47 Å². The Morgan fingerprint density at radius 2 is 2.19 bits per heavy atom. The molecule has 4 rings (SSSR count). The Balaban J connectivity index is 1.68. The smallest absolute Gasteiger partial charge is 0.247 e. The predicted octanol–water partition coefficient (Wildman–Crippen LogP) is 3.05. The minimum atomic E-state index is -0.596. The van der Waals surface area contributed by atoms with E-state index >= 15 is 0 Å². The molecule has 2 aliphatic rings. The number of halogens is 1. The zero-order valence-electron chi connectivity index (χ0n) is 15.2. The molecule has 3 heterocycles. The number of aliphatic hydroxyl groups excluding tert-OH is 1. The molecule has 27 heavy (non-hydrogen) atoms. The lowest BCUT2D eigenvalue weighted by molar-refractivity contribution is 0.122. The summed E-state index contributed by atoms with van der Waals surface area (Å²) in [5.41, 5.74) is 3.27. The van der Waals surface area contributed by atoms with Crippen molar-refractivity contribution in [2.75, 3.05) is 6.61 Å². The topological polar surface area (TPSA) is 81.2 Å². The Labute approximate surface area is 155 Å². The van der Waals surface area contributed by atoms with Crippen molar-refractivity contribution in [1.29, 1.82) is 0 Å². The molecule has 0 saturated carbocycles. The lowest BCUT2D eigenvalue weighted by Gasteiger charge is -2.15. The molecule has 0 saturated heterocycles. The van der Waals surface area contributed by atoms with Crippen LogP contribution in [0.3, 0.4) is 0 Å². The summed E-state index contributed by atoms with van der Waals surface area (Å²) < 4.78 is 27.8. The minimum absolute atomic E-state index is 0.113. The number of hydrogen-bond donors (Lipinski definition) is 1. The van der Waals surface area contributed by atoms with Gasteiger partial charge in [0, 0.05) is 23.3 Å². The van der Waals surface area contributed by atoms with Gasteiger partial charge in [0.2, 0.25) is 5.88 Å². The number of aliphatic imine (C=N–C) groups is 1. The molecule has 8 heteroatoms. The summed E-state index contributed by atoms with van der Waals surface area (Å²) in [5.74, 6) is 0.447. The van der Waals surface area contributed by atoms with Crippen LogP contribution in [0.1, 0.15) is 25.8 Å². The van der Waals surface area contributed by atoms with E-state index < -0.39 is 11.9 Å². The Bertz CT molecular complexity index is 1050. The van der Waals surface area contributed by atoms with E-state index in [4.69, 9.17) is 9.47 Å². The van der Waals surface area contributed by atoms with E-state index in [9.17, 15) is 9.50 Å².